The molecule has 0 saturated heterocycles. The lowest BCUT2D eigenvalue weighted by molar-refractivity contribution is 0.0974. The van der Waals surface area contributed by atoms with Crippen LogP contribution in [0, 0.1) is 0 Å². The fourth-order valence-electron chi connectivity index (χ4n) is 1.53. The van der Waals surface area contributed by atoms with Crippen molar-refractivity contribution in [1.82, 2.24) is 15.4 Å². The molecule has 1 heterocycles. The third kappa shape index (κ3) is 4.72. The van der Waals surface area contributed by atoms with Crippen molar-refractivity contribution in [3.8, 4) is 0 Å². The van der Waals surface area contributed by atoms with Gasteiger partial charge in [0.2, 0.25) is 0 Å². The lowest BCUT2D eigenvalue weighted by atomic mass is 10.1. The zero-order chi connectivity index (χ0) is 10.9. The van der Waals surface area contributed by atoms with Gasteiger partial charge >= 0.3 is 0 Å². The van der Waals surface area contributed by atoms with Gasteiger partial charge in [-0.15, -0.1) is 0 Å². The Morgan fingerprint density at radius 3 is 2.67 bits per heavy atom. The molecule has 15 heavy (non-hydrogen) atoms. The Morgan fingerprint density at radius 2 is 2.00 bits per heavy atom. The molecule has 0 saturated carbocycles. The maximum Gasteiger partial charge on any atom is 0.184 e. The first-order valence-electron chi connectivity index (χ1n) is 5.73. The highest BCUT2D eigenvalue weighted by atomic mass is 16.1. The molecule has 0 aromatic carbocycles. The average molecular weight is 209 g/mol. The average Bonchev–Trinajstić information content (AvgIpc) is 2.76. The van der Waals surface area contributed by atoms with Crippen LogP contribution in [0.5, 0.6) is 0 Å². The number of aromatic nitrogens is 3. The first-order valence-corrected chi connectivity index (χ1v) is 5.73. The van der Waals surface area contributed by atoms with Gasteiger partial charge in [0, 0.05) is 6.42 Å². The van der Waals surface area contributed by atoms with Crippen molar-refractivity contribution in [2.24, 2.45) is 0 Å². The Morgan fingerprint density at radius 1 is 1.27 bits per heavy atom. The van der Waals surface area contributed by atoms with Crippen LogP contribution >= 0.6 is 0 Å². The van der Waals surface area contributed by atoms with E-state index in [4.69, 9.17) is 0 Å². The minimum atomic E-state index is 0.0965. The minimum absolute atomic E-state index is 0.0965. The Labute approximate surface area is 90.5 Å². The quantitative estimate of drug-likeness (QED) is 0.529. The summed E-state index contributed by atoms with van der Waals surface area (Å²) in [4.78, 5) is 11.5. The number of hydrogen-bond donors (Lipinski definition) is 1. The molecule has 1 rings (SSSR count). The number of aromatic amines is 1. The Bertz CT molecular complexity index is 269. The van der Waals surface area contributed by atoms with Crippen LogP contribution in [0.2, 0.25) is 0 Å². The van der Waals surface area contributed by atoms with Gasteiger partial charge in [-0.05, 0) is 6.42 Å². The van der Waals surface area contributed by atoms with E-state index in [0.29, 0.717) is 12.1 Å². The first kappa shape index (κ1) is 11.9. The van der Waals surface area contributed by atoms with Gasteiger partial charge in [-0.3, -0.25) is 4.79 Å². The summed E-state index contributed by atoms with van der Waals surface area (Å²) in [7, 11) is 0. The topological polar surface area (TPSA) is 58.6 Å². The summed E-state index contributed by atoms with van der Waals surface area (Å²) in [6.45, 7) is 2.20. The van der Waals surface area contributed by atoms with Gasteiger partial charge in [-0.2, -0.15) is 15.4 Å². The molecule has 0 amide bonds. The predicted octanol–water partition coefficient (Wildman–Crippen LogP) is 2.74. The molecule has 0 atom stereocenters. The smallest absolute Gasteiger partial charge is 0.184 e. The molecule has 1 aromatic rings. The summed E-state index contributed by atoms with van der Waals surface area (Å²) in [6, 6.07) is 0. The van der Waals surface area contributed by atoms with E-state index in [1.54, 1.807) is 0 Å². The third-order valence-electron chi connectivity index (χ3n) is 2.46. The van der Waals surface area contributed by atoms with Crippen molar-refractivity contribution in [3.05, 3.63) is 11.9 Å². The zero-order valence-corrected chi connectivity index (χ0v) is 9.33. The number of rotatable bonds is 8. The number of nitrogens with zero attached hydrogens (tertiary/aromatic N) is 2. The highest BCUT2D eigenvalue weighted by Gasteiger charge is 2.07. The summed E-state index contributed by atoms with van der Waals surface area (Å²) >= 11 is 0. The van der Waals surface area contributed by atoms with Crippen LogP contribution in [-0.4, -0.2) is 21.2 Å². The highest BCUT2D eigenvalue weighted by Crippen LogP contribution is 2.08. The van der Waals surface area contributed by atoms with Crippen LogP contribution < -0.4 is 0 Å². The number of nitrogens with one attached hydrogen (secondary N) is 1. The molecule has 1 N–H and O–H groups in total. The molecule has 0 aliphatic carbocycles. The fourth-order valence-corrected chi connectivity index (χ4v) is 1.53. The van der Waals surface area contributed by atoms with Gasteiger partial charge in [-0.25, -0.2) is 0 Å². The van der Waals surface area contributed by atoms with E-state index in [9.17, 15) is 4.79 Å². The molecule has 4 heteroatoms. The highest BCUT2D eigenvalue weighted by molar-refractivity contribution is 5.93. The predicted molar refractivity (Wildman–Crippen MR) is 58.7 cm³/mol. The van der Waals surface area contributed by atoms with E-state index in [1.165, 1.54) is 31.9 Å². The van der Waals surface area contributed by atoms with E-state index in [1.807, 2.05) is 0 Å². The Balaban J connectivity index is 2.03. The number of hydrogen-bond acceptors (Lipinski definition) is 3. The second-order valence-electron chi connectivity index (χ2n) is 3.80. The van der Waals surface area contributed by atoms with Crippen LogP contribution in [0.3, 0.4) is 0 Å². The van der Waals surface area contributed by atoms with Crippen LogP contribution in [0.1, 0.15) is 62.4 Å². The summed E-state index contributed by atoms with van der Waals surface area (Å²) in [5, 5.41) is 9.82. The van der Waals surface area contributed by atoms with Gasteiger partial charge < -0.3 is 0 Å². The molecule has 4 nitrogen and oxygen atoms in total. The van der Waals surface area contributed by atoms with E-state index in [0.717, 1.165) is 12.8 Å². The molecule has 0 fully saturated rings. The van der Waals surface area contributed by atoms with Crippen LogP contribution in [0.4, 0.5) is 0 Å². The molecule has 0 spiro atoms. The minimum Gasteiger partial charge on any atom is -0.292 e. The number of carbonyl (C=O) groups is 1. The molecule has 1 aromatic heterocycles. The molecule has 84 valence electrons. The van der Waals surface area contributed by atoms with Crippen molar-refractivity contribution in [2.45, 2.75) is 51.9 Å². The third-order valence-corrected chi connectivity index (χ3v) is 2.46. The van der Waals surface area contributed by atoms with Crippen LogP contribution in [0.15, 0.2) is 6.20 Å². The summed E-state index contributed by atoms with van der Waals surface area (Å²) in [6.07, 6.45) is 9.28. The second-order valence-corrected chi connectivity index (χ2v) is 3.80. The summed E-state index contributed by atoms with van der Waals surface area (Å²) in [5.74, 6) is 0.0965. The number of Topliss-reactive ketones (excluding diaryl/α,β-unsaturated/α-hetero) is 1. The monoisotopic (exact) mass is 209 g/mol. The largest absolute Gasteiger partial charge is 0.292 e. The van der Waals surface area contributed by atoms with Crippen molar-refractivity contribution in [2.75, 3.05) is 0 Å². The van der Waals surface area contributed by atoms with E-state index in [2.05, 4.69) is 22.3 Å². The van der Waals surface area contributed by atoms with Crippen molar-refractivity contribution < 1.29 is 4.79 Å². The van der Waals surface area contributed by atoms with Gasteiger partial charge in [0.15, 0.2) is 5.78 Å². The molecule has 0 radical (unpaired) electrons. The lowest BCUT2D eigenvalue weighted by Gasteiger charge is -1.98. The van der Waals surface area contributed by atoms with Gasteiger partial charge in [0.25, 0.3) is 0 Å². The maximum absolute atomic E-state index is 11.5. The SMILES string of the molecule is CCCCCCCCC(=O)c1cn[nH]n1. The molecule has 0 unspecified atom stereocenters. The molecular formula is C11H19N3O. The number of carbonyl (C=O) groups excluding carboxylic acids is 1. The summed E-state index contributed by atoms with van der Waals surface area (Å²) in [5.41, 5.74) is 0.462. The fraction of sp³-hybridized carbons (Fsp3) is 0.727. The molecule has 0 aliphatic rings. The molecule has 0 aliphatic heterocycles. The Hall–Kier alpha value is -1.19. The Kier molecular flexibility index (Phi) is 5.66. The number of H-pyrrole nitrogens is 1. The second kappa shape index (κ2) is 7.15. The van der Waals surface area contributed by atoms with Crippen LogP contribution in [-0.2, 0) is 0 Å². The molecular weight excluding hydrogens is 190 g/mol. The van der Waals surface area contributed by atoms with Crippen LogP contribution in [0.25, 0.3) is 0 Å². The van der Waals surface area contributed by atoms with Gasteiger partial charge in [0.05, 0.1) is 6.20 Å². The number of ketones is 1. The van der Waals surface area contributed by atoms with E-state index in [-0.39, 0.29) is 5.78 Å². The zero-order valence-electron chi connectivity index (χ0n) is 9.33. The van der Waals surface area contributed by atoms with E-state index < -0.39 is 0 Å². The lowest BCUT2D eigenvalue weighted by Crippen LogP contribution is -1.99. The standard InChI is InChI=1S/C11H19N3O/c1-2-3-4-5-6-7-8-11(15)10-9-12-14-13-10/h9H,2-8H2,1H3,(H,12,13,14). The van der Waals surface area contributed by atoms with Crippen molar-refractivity contribution in [3.63, 3.8) is 0 Å². The number of unbranched alkanes of at least 4 members (excludes halogenated alkanes) is 5. The first-order chi connectivity index (χ1) is 7.34. The maximum atomic E-state index is 11.5. The normalized spacial score (nSPS) is 10.5. The summed E-state index contributed by atoms with van der Waals surface area (Å²) < 4.78 is 0. The van der Waals surface area contributed by atoms with Gasteiger partial charge in [-0.1, -0.05) is 39.0 Å². The van der Waals surface area contributed by atoms with Crippen molar-refractivity contribution >= 4 is 5.78 Å². The molecule has 0 bridgehead atoms. The van der Waals surface area contributed by atoms with E-state index >= 15 is 0 Å². The van der Waals surface area contributed by atoms with Gasteiger partial charge in [0.1, 0.15) is 5.69 Å². The van der Waals surface area contributed by atoms with Crippen molar-refractivity contribution in [1.29, 1.82) is 0 Å².